The molecule has 0 spiro atoms. The van der Waals surface area contributed by atoms with Crippen molar-refractivity contribution >= 4 is 27.6 Å². The summed E-state index contributed by atoms with van der Waals surface area (Å²) < 4.78 is 24.1. The lowest BCUT2D eigenvalue weighted by atomic mass is 9.94. The Morgan fingerprint density at radius 1 is 1.25 bits per heavy atom. The summed E-state index contributed by atoms with van der Waals surface area (Å²) in [7, 11) is -3.65. The van der Waals surface area contributed by atoms with Gasteiger partial charge in [0.05, 0.1) is 11.2 Å². The van der Waals surface area contributed by atoms with E-state index in [-0.39, 0.29) is 30.2 Å². The number of nitrogens with zero attached hydrogens (tertiary/aromatic N) is 1. The van der Waals surface area contributed by atoms with Crippen LogP contribution in [-0.2, 0) is 24.2 Å². The number of hydrogen-bond acceptors (Lipinski definition) is 5. The molecule has 0 aromatic heterocycles. The molecule has 8 nitrogen and oxygen atoms in total. The van der Waals surface area contributed by atoms with Gasteiger partial charge in [-0.3, -0.25) is 14.4 Å². The Morgan fingerprint density at radius 3 is 2.39 bits per heavy atom. The third-order valence-electron chi connectivity index (χ3n) is 6.72. The number of carbonyl (C=O) groups excluding carboxylic acids is 3. The van der Waals surface area contributed by atoms with Crippen molar-refractivity contribution in [3.05, 3.63) is 0 Å². The predicted molar refractivity (Wildman–Crippen MR) is 104 cm³/mol. The van der Waals surface area contributed by atoms with Gasteiger partial charge in [-0.2, -0.15) is 0 Å². The molecule has 2 N–H and O–H groups in total. The monoisotopic (exact) mass is 413 g/mol. The molecular formula is C19H31N3O5S. The molecule has 28 heavy (non-hydrogen) atoms. The van der Waals surface area contributed by atoms with Gasteiger partial charge in [0.2, 0.25) is 17.7 Å². The molecule has 2 aliphatic heterocycles. The Labute approximate surface area is 166 Å². The van der Waals surface area contributed by atoms with Crippen LogP contribution in [0.15, 0.2) is 0 Å². The number of sulfone groups is 1. The van der Waals surface area contributed by atoms with E-state index in [1.807, 2.05) is 13.8 Å². The first-order valence-electron chi connectivity index (χ1n) is 10.2. The molecule has 1 saturated carbocycles. The van der Waals surface area contributed by atoms with Crippen LogP contribution < -0.4 is 10.6 Å². The van der Waals surface area contributed by atoms with Crippen molar-refractivity contribution < 1.29 is 22.8 Å². The van der Waals surface area contributed by atoms with Gasteiger partial charge in [-0.1, -0.05) is 33.1 Å². The molecule has 2 saturated heterocycles. The highest BCUT2D eigenvalue weighted by Crippen LogP contribution is 2.45. The molecule has 2 heterocycles. The summed E-state index contributed by atoms with van der Waals surface area (Å²) in [5.41, 5.74) is 0. The molecule has 0 aromatic rings. The summed E-state index contributed by atoms with van der Waals surface area (Å²) in [5.74, 6) is -1.26. The fraction of sp³-hybridized carbons (Fsp3) is 0.842. The Balaban J connectivity index is 1.79. The average molecular weight is 414 g/mol. The molecule has 0 aromatic carbocycles. The molecule has 0 unspecified atom stereocenters. The third-order valence-corrected chi connectivity index (χ3v) is 9.52. The number of nitrogens with one attached hydrogen (secondary N) is 2. The minimum absolute atomic E-state index is 0.0769. The van der Waals surface area contributed by atoms with Crippen molar-refractivity contribution in [1.29, 1.82) is 0 Å². The number of fused-ring (bicyclic) bond motifs is 1. The van der Waals surface area contributed by atoms with Gasteiger partial charge in [0.1, 0.15) is 17.5 Å². The highest BCUT2D eigenvalue weighted by atomic mass is 32.2. The lowest BCUT2D eigenvalue weighted by Gasteiger charge is -2.37. The molecule has 158 valence electrons. The standard InChI is InChI=1S/C19H31N3O5S/c1-5-11(2)15(17(24)20-12-8-6-7-9-12)21-18(25)16-19(3,4)28(26,27)14-10-13(23)22(14)16/h11-12,14-16H,5-10H2,1-4H3,(H,20,24)(H,21,25)/t11-,14+,15-,16-/m0/s1. The molecule has 0 radical (unpaired) electrons. The van der Waals surface area contributed by atoms with E-state index in [2.05, 4.69) is 10.6 Å². The second kappa shape index (κ2) is 7.31. The highest BCUT2D eigenvalue weighted by Gasteiger charge is 2.67. The Bertz CT molecular complexity index is 772. The Hall–Kier alpha value is -1.64. The average Bonchev–Trinajstić information content (AvgIpc) is 3.16. The van der Waals surface area contributed by atoms with Gasteiger partial charge in [-0.05, 0) is 32.6 Å². The number of hydrogen-bond donors (Lipinski definition) is 2. The lowest BCUT2D eigenvalue weighted by molar-refractivity contribution is -0.150. The Kier molecular flexibility index (Phi) is 5.51. The van der Waals surface area contributed by atoms with Crippen LogP contribution in [0.4, 0.5) is 0 Å². The largest absolute Gasteiger partial charge is 0.352 e. The van der Waals surface area contributed by atoms with Crippen LogP contribution in [0.3, 0.4) is 0 Å². The topological polar surface area (TPSA) is 113 Å². The molecule has 3 aliphatic rings. The normalized spacial score (nSPS) is 30.3. The maximum atomic E-state index is 13.1. The maximum Gasteiger partial charge on any atom is 0.245 e. The SMILES string of the molecule is CC[C@H](C)[C@H](NC(=O)[C@@H]1N2C(=O)C[C@H]2S(=O)(=O)C1(C)C)C(=O)NC1CCCC1. The minimum atomic E-state index is -3.65. The van der Waals surface area contributed by atoms with E-state index >= 15 is 0 Å². The van der Waals surface area contributed by atoms with Crippen molar-refractivity contribution in [2.75, 3.05) is 0 Å². The lowest BCUT2D eigenvalue weighted by Crippen LogP contribution is -2.62. The van der Waals surface area contributed by atoms with Crippen molar-refractivity contribution in [3.8, 4) is 0 Å². The molecule has 9 heteroatoms. The third kappa shape index (κ3) is 3.21. The van der Waals surface area contributed by atoms with Crippen LogP contribution in [0.2, 0.25) is 0 Å². The molecule has 0 bridgehead atoms. The van der Waals surface area contributed by atoms with Crippen molar-refractivity contribution in [1.82, 2.24) is 15.5 Å². The van der Waals surface area contributed by atoms with Gasteiger partial charge >= 0.3 is 0 Å². The number of amides is 3. The van der Waals surface area contributed by atoms with Crippen LogP contribution >= 0.6 is 0 Å². The van der Waals surface area contributed by atoms with Crippen molar-refractivity contribution in [2.24, 2.45) is 5.92 Å². The van der Waals surface area contributed by atoms with E-state index in [4.69, 9.17) is 0 Å². The molecule has 3 fully saturated rings. The van der Waals surface area contributed by atoms with Gasteiger partial charge in [-0.25, -0.2) is 8.42 Å². The zero-order chi connectivity index (χ0) is 20.9. The molecular weight excluding hydrogens is 382 g/mol. The van der Waals surface area contributed by atoms with Crippen molar-refractivity contribution in [3.63, 3.8) is 0 Å². The zero-order valence-corrected chi connectivity index (χ0v) is 17.8. The second-order valence-electron chi connectivity index (χ2n) is 8.87. The minimum Gasteiger partial charge on any atom is -0.352 e. The number of β-lactam (4-membered cyclic amide) rings is 1. The van der Waals surface area contributed by atoms with E-state index in [0.29, 0.717) is 6.42 Å². The predicted octanol–water partition coefficient (Wildman–Crippen LogP) is 0.710. The van der Waals surface area contributed by atoms with Gasteiger partial charge in [0.25, 0.3) is 0 Å². The fourth-order valence-corrected chi connectivity index (χ4v) is 6.68. The summed E-state index contributed by atoms with van der Waals surface area (Å²) in [6, 6.07) is -1.75. The quantitative estimate of drug-likeness (QED) is 0.623. The van der Waals surface area contributed by atoms with E-state index in [0.717, 1.165) is 25.7 Å². The summed E-state index contributed by atoms with van der Waals surface area (Å²) in [4.78, 5) is 39.2. The number of rotatable bonds is 6. The van der Waals surface area contributed by atoms with Crippen LogP contribution in [0, 0.1) is 5.92 Å². The first kappa shape index (κ1) is 21.1. The smallest absolute Gasteiger partial charge is 0.245 e. The van der Waals surface area contributed by atoms with Crippen molar-refractivity contribution in [2.45, 2.75) is 94.5 Å². The van der Waals surface area contributed by atoms with E-state index in [9.17, 15) is 22.8 Å². The van der Waals surface area contributed by atoms with Gasteiger partial charge < -0.3 is 15.5 Å². The van der Waals surface area contributed by atoms with Gasteiger partial charge in [-0.15, -0.1) is 0 Å². The summed E-state index contributed by atoms with van der Waals surface area (Å²) in [6.45, 7) is 6.78. The molecule has 3 amide bonds. The van der Waals surface area contributed by atoms with Crippen LogP contribution in [0.5, 0.6) is 0 Å². The number of carbonyl (C=O) groups is 3. The summed E-state index contributed by atoms with van der Waals surface area (Å²) in [5, 5.41) is 4.86. The van der Waals surface area contributed by atoms with Crippen LogP contribution in [0.1, 0.15) is 66.2 Å². The van der Waals surface area contributed by atoms with E-state index in [1.165, 1.54) is 18.7 Å². The van der Waals surface area contributed by atoms with E-state index in [1.54, 1.807) is 0 Å². The van der Waals surface area contributed by atoms with Gasteiger partial charge in [0, 0.05) is 6.04 Å². The highest BCUT2D eigenvalue weighted by molar-refractivity contribution is 7.93. The first-order valence-corrected chi connectivity index (χ1v) is 11.7. The maximum absolute atomic E-state index is 13.1. The summed E-state index contributed by atoms with van der Waals surface area (Å²) in [6.07, 6.45) is 4.64. The summed E-state index contributed by atoms with van der Waals surface area (Å²) >= 11 is 0. The molecule has 1 aliphatic carbocycles. The van der Waals surface area contributed by atoms with Crippen LogP contribution in [0.25, 0.3) is 0 Å². The van der Waals surface area contributed by atoms with E-state index < -0.39 is 37.9 Å². The van der Waals surface area contributed by atoms with Gasteiger partial charge in [0.15, 0.2) is 9.84 Å². The fourth-order valence-electron chi connectivity index (χ4n) is 4.55. The zero-order valence-electron chi connectivity index (χ0n) is 17.0. The van der Waals surface area contributed by atoms with Crippen LogP contribution in [-0.4, -0.2) is 59.3 Å². The second-order valence-corrected chi connectivity index (χ2v) is 11.6. The molecule has 3 rings (SSSR count). The Morgan fingerprint density at radius 2 is 1.86 bits per heavy atom. The first-order chi connectivity index (χ1) is 13.0. The molecule has 4 atom stereocenters.